The predicted molar refractivity (Wildman–Crippen MR) is 123 cm³/mol. The van der Waals surface area contributed by atoms with Crippen molar-refractivity contribution >= 4 is 17.0 Å². The van der Waals surface area contributed by atoms with Crippen LogP contribution in [-0.4, -0.2) is 36.0 Å². The van der Waals surface area contributed by atoms with E-state index in [1.54, 1.807) is 36.2 Å². The number of fused-ring (bicyclic) bond motifs is 1. The maximum Gasteiger partial charge on any atom is 0.347 e. The summed E-state index contributed by atoms with van der Waals surface area (Å²) in [5.41, 5.74) is 1.81. The van der Waals surface area contributed by atoms with Crippen molar-refractivity contribution in [3.8, 4) is 5.75 Å². The topological polar surface area (TPSA) is 99.2 Å². The van der Waals surface area contributed by atoms with Crippen LogP contribution >= 0.6 is 0 Å². The number of carbonyl (C=O) groups is 1. The molecule has 0 spiro atoms. The fourth-order valence-electron chi connectivity index (χ4n) is 3.82. The third kappa shape index (κ3) is 4.69. The van der Waals surface area contributed by atoms with E-state index >= 15 is 0 Å². The Hall–Kier alpha value is -3.16. The molecule has 0 saturated heterocycles. The lowest BCUT2D eigenvalue weighted by Gasteiger charge is -2.25. The Morgan fingerprint density at radius 2 is 2.00 bits per heavy atom. The summed E-state index contributed by atoms with van der Waals surface area (Å²) in [5.74, 6) is 0.231. The zero-order valence-electron chi connectivity index (χ0n) is 19.5. The van der Waals surface area contributed by atoms with Crippen molar-refractivity contribution in [1.82, 2.24) is 19.3 Å². The van der Waals surface area contributed by atoms with Crippen LogP contribution in [0.1, 0.15) is 57.1 Å². The molecule has 1 N–H and O–H groups in total. The van der Waals surface area contributed by atoms with Crippen molar-refractivity contribution in [2.75, 3.05) is 0 Å². The van der Waals surface area contributed by atoms with Gasteiger partial charge in [0, 0.05) is 13.6 Å². The molecule has 0 bridgehead atoms. The Kier molecular flexibility index (Phi) is 7.01. The van der Waals surface area contributed by atoms with Gasteiger partial charge >= 0.3 is 5.97 Å². The van der Waals surface area contributed by atoms with Crippen molar-refractivity contribution in [1.29, 1.82) is 0 Å². The van der Waals surface area contributed by atoms with Crippen molar-refractivity contribution in [3.63, 3.8) is 0 Å². The van der Waals surface area contributed by atoms with Crippen molar-refractivity contribution in [3.05, 3.63) is 51.7 Å². The number of aromatic nitrogens is 4. The van der Waals surface area contributed by atoms with Crippen LogP contribution in [0.15, 0.2) is 29.1 Å². The minimum atomic E-state index is -1.26. The molecule has 172 valence electrons. The summed E-state index contributed by atoms with van der Waals surface area (Å²) in [5, 5.41) is 13.9. The molecule has 2 heterocycles. The van der Waals surface area contributed by atoms with Crippen LogP contribution in [0.3, 0.4) is 0 Å². The molecular formula is C24H32N4O4. The van der Waals surface area contributed by atoms with E-state index in [0.717, 1.165) is 36.9 Å². The number of carboxylic acids is 1. The average Bonchev–Trinajstić information content (AvgIpc) is 3.05. The Morgan fingerprint density at radius 1 is 1.25 bits per heavy atom. The quantitative estimate of drug-likeness (QED) is 0.517. The van der Waals surface area contributed by atoms with Gasteiger partial charge in [0.1, 0.15) is 17.1 Å². The molecule has 32 heavy (non-hydrogen) atoms. The van der Waals surface area contributed by atoms with Crippen LogP contribution in [0.4, 0.5) is 0 Å². The minimum absolute atomic E-state index is 0.0675. The number of benzene rings is 1. The molecule has 0 aliphatic rings. The van der Waals surface area contributed by atoms with Crippen molar-refractivity contribution in [2.45, 2.75) is 71.9 Å². The van der Waals surface area contributed by atoms with Gasteiger partial charge in [-0.1, -0.05) is 32.4 Å². The first-order valence-electron chi connectivity index (χ1n) is 11.1. The first-order valence-corrected chi connectivity index (χ1v) is 11.1. The molecule has 0 saturated carbocycles. The Morgan fingerprint density at radius 3 is 2.66 bits per heavy atom. The second-order valence-corrected chi connectivity index (χ2v) is 8.38. The van der Waals surface area contributed by atoms with Gasteiger partial charge in [0.2, 0.25) is 5.60 Å². The predicted octanol–water partition coefficient (Wildman–Crippen LogP) is 3.66. The van der Waals surface area contributed by atoms with Crippen LogP contribution in [0.2, 0.25) is 0 Å². The molecular weight excluding hydrogens is 408 g/mol. The highest BCUT2D eigenvalue weighted by atomic mass is 16.5. The monoisotopic (exact) mass is 440 g/mol. The molecule has 0 aliphatic carbocycles. The summed E-state index contributed by atoms with van der Waals surface area (Å²) in [7, 11) is 1.79. The summed E-state index contributed by atoms with van der Waals surface area (Å²) >= 11 is 0. The molecule has 1 atom stereocenters. The number of rotatable bonds is 10. The van der Waals surface area contributed by atoms with Gasteiger partial charge in [-0.05, 0) is 57.2 Å². The molecule has 3 aromatic rings. The number of carboxylic acid groups (broad SMARTS) is 1. The fourth-order valence-corrected chi connectivity index (χ4v) is 3.82. The van der Waals surface area contributed by atoms with Gasteiger partial charge in [0.15, 0.2) is 5.52 Å². The third-order valence-electron chi connectivity index (χ3n) is 5.91. The Balaban J connectivity index is 1.75. The smallest absolute Gasteiger partial charge is 0.347 e. The SMILES string of the molecule is CCCc1nn(C)c2c(=O)n(CCCc3cccc(O[C@@](C)(CC)C(=O)O)c3)c(C)nc12. The highest BCUT2D eigenvalue weighted by Gasteiger charge is 2.33. The normalized spacial score (nSPS) is 13.3. The van der Waals surface area contributed by atoms with E-state index in [-0.39, 0.29) is 5.56 Å². The standard InChI is InChI=1S/C24H32N4O4/c1-6-10-19-20-21(27(5)26-19)22(29)28(16(3)25-20)14-9-12-17-11-8-13-18(15-17)32-24(4,7-2)23(30)31/h8,11,13,15H,6-7,9-10,12,14H2,1-5H3,(H,30,31)/t24-/m0/s1. The summed E-state index contributed by atoms with van der Waals surface area (Å²) in [6.45, 7) is 7.84. The van der Waals surface area contributed by atoms with E-state index in [2.05, 4.69) is 17.0 Å². The first kappa shape index (κ1) is 23.5. The number of aliphatic carboxylic acids is 1. The Bertz CT molecular complexity index is 1180. The largest absolute Gasteiger partial charge is 0.478 e. The van der Waals surface area contributed by atoms with Crippen LogP contribution in [0.5, 0.6) is 5.75 Å². The zero-order chi connectivity index (χ0) is 23.5. The zero-order valence-corrected chi connectivity index (χ0v) is 19.5. The number of hydrogen-bond donors (Lipinski definition) is 1. The van der Waals surface area contributed by atoms with E-state index in [1.165, 1.54) is 0 Å². The first-order chi connectivity index (χ1) is 15.2. The third-order valence-corrected chi connectivity index (χ3v) is 5.91. The lowest BCUT2D eigenvalue weighted by molar-refractivity contribution is -0.154. The molecule has 8 heteroatoms. The second kappa shape index (κ2) is 9.54. The number of nitrogens with zero attached hydrogens (tertiary/aromatic N) is 4. The molecule has 0 fully saturated rings. The fraction of sp³-hybridized carbons (Fsp3) is 0.500. The van der Waals surface area contributed by atoms with Crippen LogP contribution in [0, 0.1) is 6.92 Å². The van der Waals surface area contributed by atoms with Gasteiger partial charge in [-0.25, -0.2) is 9.78 Å². The molecule has 8 nitrogen and oxygen atoms in total. The van der Waals surface area contributed by atoms with E-state index in [0.29, 0.717) is 35.6 Å². The summed E-state index contributed by atoms with van der Waals surface area (Å²) in [6, 6.07) is 7.47. The lowest BCUT2D eigenvalue weighted by atomic mass is 10.0. The number of aryl methyl sites for hydroxylation is 4. The summed E-state index contributed by atoms with van der Waals surface area (Å²) in [6.07, 6.45) is 3.57. The van der Waals surface area contributed by atoms with Crippen molar-refractivity contribution < 1.29 is 14.6 Å². The van der Waals surface area contributed by atoms with E-state index in [1.807, 2.05) is 25.1 Å². The number of hydrogen-bond acceptors (Lipinski definition) is 5. The highest BCUT2D eigenvalue weighted by Crippen LogP contribution is 2.23. The summed E-state index contributed by atoms with van der Waals surface area (Å²) in [4.78, 5) is 29.3. The number of ether oxygens (including phenoxy) is 1. The van der Waals surface area contributed by atoms with Gasteiger partial charge in [-0.2, -0.15) is 5.10 Å². The van der Waals surface area contributed by atoms with Crippen LogP contribution in [0.25, 0.3) is 11.0 Å². The maximum atomic E-state index is 13.1. The maximum absolute atomic E-state index is 13.1. The molecule has 0 radical (unpaired) electrons. The molecule has 2 aromatic heterocycles. The highest BCUT2D eigenvalue weighted by molar-refractivity contribution is 5.77. The molecule has 0 amide bonds. The summed E-state index contributed by atoms with van der Waals surface area (Å²) < 4.78 is 9.11. The van der Waals surface area contributed by atoms with Gasteiger partial charge < -0.3 is 9.84 Å². The second-order valence-electron chi connectivity index (χ2n) is 8.38. The van der Waals surface area contributed by atoms with E-state index in [9.17, 15) is 14.7 Å². The minimum Gasteiger partial charge on any atom is -0.478 e. The average molecular weight is 441 g/mol. The van der Waals surface area contributed by atoms with Crippen LogP contribution in [-0.2, 0) is 31.2 Å². The van der Waals surface area contributed by atoms with Gasteiger partial charge in [-0.15, -0.1) is 0 Å². The molecule has 0 aliphatic heterocycles. The van der Waals surface area contributed by atoms with Gasteiger partial charge in [-0.3, -0.25) is 14.0 Å². The lowest BCUT2D eigenvalue weighted by Crippen LogP contribution is -2.40. The molecule has 1 aromatic carbocycles. The van der Waals surface area contributed by atoms with E-state index in [4.69, 9.17) is 4.74 Å². The van der Waals surface area contributed by atoms with Crippen molar-refractivity contribution in [2.24, 2.45) is 7.05 Å². The van der Waals surface area contributed by atoms with Gasteiger partial charge in [0.25, 0.3) is 5.56 Å². The molecule has 0 unspecified atom stereocenters. The van der Waals surface area contributed by atoms with E-state index < -0.39 is 11.6 Å². The Labute approximate surface area is 187 Å². The van der Waals surface area contributed by atoms with Crippen LogP contribution < -0.4 is 10.3 Å². The molecule has 3 rings (SSSR count). The van der Waals surface area contributed by atoms with Gasteiger partial charge in [0.05, 0.1) is 5.69 Å².